The Morgan fingerprint density at radius 1 is 1.43 bits per heavy atom. The number of carboxylic acid groups (broad SMARTS) is 1. The van der Waals surface area contributed by atoms with Gasteiger partial charge in [0.25, 0.3) is 0 Å². The van der Waals surface area contributed by atoms with Crippen molar-refractivity contribution in [3.63, 3.8) is 0 Å². The lowest BCUT2D eigenvalue weighted by atomic mass is 10.1. The summed E-state index contributed by atoms with van der Waals surface area (Å²) in [6, 6.07) is 2.97. The second kappa shape index (κ2) is 6.85. The Bertz CT molecular complexity index is 583. The number of rotatable bonds is 3. The molecule has 1 fully saturated rings. The van der Waals surface area contributed by atoms with Gasteiger partial charge in [-0.25, -0.2) is 14.6 Å². The number of anilines is 1. The molecule has 0 spiro atoms. The molecule has 2 heterocycles. The summed E-state index contributed by atoms with van der Waals surface area (Å²) >= 11 is 0. The summed E-state index contributed by atoms with van der Waals surface area (Å²) in [5.74, 6) is -0.366. The molecule has 2 N–H and O–H groups in total. The average Bonchev–Trinajstić information content (AvgIpc) is 2.45. The van der Waals surface area contributed by atoms with Crippen molar-refractivity contribution >= 4 is 17.9 Å². The third-order valence-electron chi connectivity index (χ3n) is 3.46. The van der Waals surface area contributed by atoms with E-state index in [1.165, 1.54) is 12.3 Å². The predicted octanol–water partition coefficient (Wildman–Crippen LogP) is 2.27. The Morgan fingerprint density at radius 3 is 2.83 bits per heavy atom. The summed E-state index contributed by atoms with van der Waals surface area (Å²) in [5.41, 5.74) is -0.326. The molecule has 126 valence electrons. The van der Waals surface area contributed by atoms with Crippen LogP contribution in [0.25, 0.3) is 0 Å². The molecule has 1 atom stereocenters. The Hall–Kier alpha value is -2.31. The fourth-order valence-electron chi connectivity index (χ4n) is 2.50. The van der Waals surface area contributed by atoms with Crippen molar-refractivity contribution in [2.24, 2.45) is 0 Å². The molecule has 1 aliphatic heterocycles. The number of carbonyl (C=O) groups excluding carboxylic acids is 1. The zero-order valence-electron chi connectivity index (χ0n) is 13.7. The molecule has 1 aromatic rings. The third-order valence-corrected chi connectivity index (χ3v) is 3.46. The molecule has 0 aliphatic carbocycles. The van der Waals surface area contributed by atoms with Crippen molar-refractivity contribution in [3.8, 4) is 0 Å². The number of carboxylic acids is 1. The van der Waals surface area contributed by atoms with E-state index in [1.807, 2.05) is 25.7 Å². The van der Waals surface area contributed by atoms with Gasteiger partial charge >= 0.3 is 12.1 Å². The predicted molar refractivity (Wildman–Crippen MR) is 85.8 cm³/mol. The Morgan fingerprint density at radius 2 is 2.17 bits per heavy atom. The Kier molecular flexibility index (Phi) is 5.08. The maximum atomic E-state index is 11.9. The molecular formula is C16H23N3O4. The molecule has 0 saturated carbocycles. The first-order valence-corrected chi connectivity index (χ1v) is 7.68. The SMILES string of the molecule is CC(C)(C)OC(=O)N[C@@H]1CCCN(c2cc(C(=O)O)ccn2)C1. The van der Waals surface area contributed by atoms with Gasteiger partial charge in [-0.1, -0.05) is 0 Å². The molecule has 0 aromatic carbocycles. The van der Waals surface area contributed by atoms with Gasteiger partial charge in [-0.05, 0) is 45.7 Å². The van der Waals surface area contributed by atoms with E-state index in [0.717, 1.165) is 19.4 Å². The van der Waals surface area contributed by atoms with Gasteiger partial charge in [-0.15, -0.1) is 0 Å². The number of amides is 1. The first-order valence-electron chi connectivity index (χ1n) is 7.68. The molecule has 0 unspecified atom stereocenters. The van der Waals surface area contributed by atoms with E-state index in [9.17, 15) is 9.59 Å². The van der Waals surface area contributed by atoms with Crippen molar-refractivity contribution < 1.29 is 19.4 Å². The smallest absolute Gasteiger partial charge is 0.407 e. The minimum absolute atomic E-state index is 0.0473. The van der Waals surface area contributed by atoms with Crippen LogP contribution in [0.1, 0.15) is 44.0 Å². The zero-order valence-corrected chi connectivity index (χ0v) is 13.7. The van der Waals surface area contributed by atoms with Gasteiger partial charge in [-0.3, -0.25) is 0 Å². The zero-order chi connectivity index (χ0) is 17.0. The van der Waals surface area contributed by atoms with Gasteiger partial charge in [0.2, 0.25) is 0 Å². The third kappa shape index (κ3) is 5.12. The average molecular weight is 321 g/mol. The summed E-state index contributed by atoms with van der Waals surface area (Å²) in [6.45, 7) is 6.82. The number of ether oxygens (including phenoxy) is 1. The molecule has 1 amide bonds. The van der Waals surface area contributed by atoms with E-state index in [1.54, 1.807) is 6.07 Å². The lowest BCUT2D eigenvalue weighted by Gasteiger charge is -2.34. The molecule has 1 aliphatic rings. The quantitative estimate of drug-likeness (QED) is 0.887. The Labute approximate surface area is 135 Å². The number of carbonyl (C=O) groups is 2. The van der Waals surface area contributed by atoms with Gasteiger partial charge in [-0.2, -0.15) is 0 Å². The van der Waals surface area contributed by atoms with Crippen molar-refractivity contribution in [2.45, 2.75) is 45.3 Å². The van der Waals surface area contributed by atoms with Crippen molar-refractivity contribution in [2.75, 3.05) is 18.0 Å². The van der Waals surface area contributed by atoms with E-state index in [-0.39, 0.29) is 11.6 Å². The molecule has 0 radical (unpaired) electrons. The molecule has 1 saturated heterocycles. The highest BCUT2D eigenvalue weighted by Crippen LogP contribution is 2.19. The van der Waals surface area contributed by atoms with Crippen LogP contribution in [0.3, 0.4) is 0 Å². The number of pyridine rings is 1. The van der Waals surface area contributed by atoms with E-state index in [4.69, 9.17) is 9.84 Å². The Balaban J connectivity index is 1.99. The highest BCUT2D eigenvalue weighted by Gasteiger charge is 2.25. The van der Waals surface area contributed by atoms with E-state index in [2.05, 4.69) is 10.3 Å². The topological polar surface area (TPSA) is 91.8 Å². The molecule has 23 heavy (non-hydrogen) atoms. The first-order chi connectivity index (χ1) is 10.7. The van der Waals surface area contributed by atoms with Gasteiger partial charge in [0.05, 0.1) is 5.56 Å². The van der Waals surface area contributed by atoms with Crippen molar-refractivity contribution in [3.05, 3.63) is 23.9 Å². The molecule has 1 aromatic heterocycles. The van der Waals surface area contributed by atoms with Gasteiger partial charge in [0, 0.05) is 25.3 Å². The minimum Gasteiger partial charge on any atom is -0.478 e. The van der Waals surface area contributed by atoms with Crippen LogP contribution in [0, 0.1) is 0 Å². The lowest BCUT2D eigenvalue weighted by Crippen LogP contribution is -2.49. The highest BCUT2D eigenvalue weighted by atomic mass is 16.6. The second-order valence-electron chi connectivity index (χ2n) is 6.64. The number of aromatic nitrogens is 1. The van der Waals surface area contributed by atoms with Crippen LogP contribution in [0.15, 0.2) is 18.3 Å². The number of alkyl carbamates (subject to hydrolysis) is 1. The summed E-state index contributed by atoms with van der Waals surface area (Å²) < 4.78 is 5.27. The maximum absolute atomic E-state index is 11.9. The summed E-state index contributed by atoms with van der Waals surface area (Å²) in [6.07, 6.45) is 2.80. The van der Waals surface area contributed by atoms with E-state index < -0.39 is 17.7 Å². The molecule has 7 heteroatoms. The van der Waals surface area contributed by atoms with Crippen LogP contribution in [-0.2, 0) is 4.74 Å². The monoisotopic (exact) mass is 321 g/mol. The molecule has 2 rings (SSSR count). The highest BCUT2D eigenvalue weighted by molar-refractivity contribution is 5.88. The second-order valence-corrected chi connectivity index (χ2v) is 6.64. The van der Waals surface area contributed by atoms with E-state index in [0.29, 0.717) is 12.4 Å². The van der Waals surface area contributed by atoms with Crippen LogP contribution >= 0.6 is 0 Å². The molecule has 7 nitrogen and oxygen atoms in total. The number of nitrogens with zero attached hydrogens (tertiary/aromatic N) is 2. The fraction of sp³-hybridized carbons (Fsp3) is 0.562. The van der Waals surface area contributed by atoms with Gasteiger partial charge in [0.15, 0.2) is 0 Å². The number of nitrogens with one attached hydrogen (secondary N) is 1. The summed E-state index contributed by atoms with van der Waals surface area (Å²) in [5, 5.41) is 11.9. The first kappa shape index (κ1) is 17.1. The van der Waals surface area contributed by atoms with Crippen LogP contribution in [0.2, 0.25) is 0 Å². The number of hydrogen-bond acceptors (Lipinski definition) is 5. The van der Waals surface area contributed by atoms with E-state index >= 15 is 0 Å². The number of piperidine rings is 1. The van der Waals surface area contributed by atoms with Crippen molar-refractivity contribution in [1.29, 1.82) is 0 Å². The van der Waals surface area contributed by atoms with Crippen molar-refractivity contribution in [1.82, 2.24) is 10.3 Å². The molecule has 0 bridgehead atoms. The van der Waals surface area contributed by atoms with Gasteiger partial charge in [0.1, 0.15) is 11.4 Å². The normalized spacial score (nSPS) is 18.4. The maximum Gasteiger partial charge on any atom is 0.407 e. The van der Waals surface area contributed by atoms with Crippen LogP contribution in [0.5, 0.6) is 0 Å². The van der Waals surface area contributed by atoms with Gasteiger partial charge < -0.3 is 20.1 Å². The van der Waals surface area contributed by atoms with Crippen LogP contribution in [0.4, 0.5) is 10.6 Å². The largest absolute Gasteiger partial charge is 0.478 e. The van der Waals surface area contributed by atoms with Crippen LogP contribution < -0.4 is 10.2 Å². The standard InChI is InChI=1S/C16H23N3O4/c1-16(2,3)23-15(22)18-12-5-4-8-19(10-12)13-9-11(14(20)21)6-7-17-13/h6-7,9,12H,4-5,8,10H2,1-3H3,(H,18,22)(H,20,21)/t12-/m1/s1. The fourth-order valence-corrected chi connectivity index (χ4v) is 2.50. The summed E-state index contributed by atoms with van der Waals surface area (Å²) in [7, 11) is 0. The number of aromatic carboxylic acids is 1. The number of hydrogen-bond donors (Lipinski definition) is 2. The van der Waals surface area contributed by atoms with Crippen LogP contribution in [-0.4, -0.2) is 46.9 Å². The lowest BCUT2D eigenvalue weighted by molar-refractivity contribution is 0.0499. The summed E-state index contributed by atoms with van der Waals surface area (Å²) in [4.78, 5) is 29.1. The molecular weight excluding hydrogens is 298 g/mol. The minimum atomic E-state index is -0.978.